The number of carbonyl (C=O) groups is 2. The number of aliphatic hydroxyl groups is 1. The second-order valence-electron chi connectivity index (χ2n) is 15.8. The van der Waals surface area contributed by atoms with Crippen molar-refractivity contribution < 1.29 is 33.0 Å². The molecule has 7 nitrogen and oxygen atoms in total. The smallest absolute Gasteiger partial charge is 0.330 e. The van der Waals surface area contributed by atoms with Gasteiger partial charge in [-0.2, -0.15) is 0 Å². The van der Waals surface area contributed by atoms with Gasteiger partial charge in [0.25, 0.3) is 0 Å². The highest BCUT2D eigenvalue weighted by Crippen LogP contribution is 2.44. The zero-order valence-electron chi connectivity index (χ0n) is 33.5. The van der Waals surface area contributed by atoms with Gasteiger partial charge in [0.1, 0.15) is 6.10 Å². The van der Waals surface area contributed by atoms with Gasteiger partial charge in [0.15, 0.2) is 8.32 Å². The minimum Gasteiger partial charge on any atom is -0.466 e. The molecule has 5 atom stereocenters. The van der Waals surface area contributed by atoms with Gasteiger partial charge in [-0.3, -0.25) is 0 Å². The number of allylic oxidation sites excluding steroid dienone is 6. The Morgan fingerprint density at radius 3 is 2.16 bits per heavy atom. The number of cyclic esters (lactones) is 1. The Bertz CT molecular complexity index is 1200. The van der Waals surface area contributed by atoms with E-state index in [2.05, 4.69) is 92.4 Å². The van der Waals surface area contributed by atoms with Crippen LogP contribution in [0, 0.1) is 5.92 Å². The summed E-state index contributed by atoms with van der Waals surface area (Å²) in [6.45, 7) is 26.5. The minimum absolute atomic E-state index is 0.101. The van der Waals surface area contributed by atoms with Crippen LogP contribution in [0.15, 0.2) is 71.9 Å². The highest BCUT2D eigenvalue weighted by atomic mass is 28.4. The Hall–Kier alpha value is -2.31. The zero-order valence-corrected chi connectivity index (χ0v) is 35.5. The van der Waals surface area contributed by atoms with Crippen molar-refractivity contribution in [1.82, 2.24) is 0 Å². The van der Waals surface area contributed by atoms with E-state index in [4.69, 9.17) is 18.3 Å². The standard InChI is InChI=1S/C41H70O7Si2/c1-30(2)50(31(3)4,32(5)6)48-38-26-25-36(42)21-17-15-19-23-41(44)46-39(35(9)28-34(8)24-27-40(43)45-10)29-33(7)20-16-14-18-22-37(38)47-49(11,12)13/h14,16,19-20,23-28,30-32,35-39,42H,15,17-18,21-22,29H2,1-13H3/b16-14+,23-19+,26-25+,27-24+,33-20+,34-28+/t35-,36+,37-,38+,39-/m0/s1. The molecule has 50 heavy (non-hydrogen) atoms. The van der Waals surface area contributed by atoms with Crippen LogP contribution in [-0.4, -0.2) is 65.2 Å². The van der Waals surface area contributed by atoms with Crippen LogP contribution in [0.25, 0.3) is 0 Å². The molecule has 1 rings (SSSR count). The first-order valence-electron chi connectivity index (χ1n) is 18.7. The summed E-state index contributed by atoms with van der Waals surface area (Å²) >= 11 is 0. The van der Waals surface area contributed by atoms with Crippen LogP contribution in [0.4, 0.5) is 0 Å². The molecule has 1 aliphatic heterocycles. The van der Waals surface area contributed by atoms with E-state index >= 15 is 0 Å². The Morgan fingerprint density at radius 2 is 1.58 bits per heavy atom. The number of hydrogen-bond acceptors (Lipinski definition) is 7. The first-order chi connectivity index (χ1) is 23.3. The number of hydrogen-bond donors (Lipinski definition) is 1. The highest BCUT2D eigenvalue weighted by Gasteiger charge is 2.47. The van der Waals surface area contributed by atoms with Crippen LogP contribution in [-0.2, 0) is 27.9 Å². The number of esters is 2. The van der Waals surface area contributed by atoms with E-state index in [1.807, 2.05) is 32.1 Å². The first kappa shape index (κ1) is 45.7. The maximum Gasteiger partial charge on any atom is 0.330 e. The molecule has 0 amide bonds. The normalized spacial score (nSPS) is 26.7. The van der Waals surface area contributed by atoms with E-state index in [1.165, 1.54) is 19.3 Å². The Balaban J connectivity index is 3.51. The average molecular weight is 731 g/mol. The lowest BCUT2D eigenvalue weighted by Crippen LogP contribution is -2.53. The van der Waals surface area contributed by atoms with Crippen molar-refractivity contribution in [3.63, 3.8) is 0 Å². The maximum atomic E-state index is 12.9. The Labute approximate surface area is 307 Å². The molecule has 0 saturated heterocycles. The third kappa shape index (κ3) is 16.8. The van der Waals surface area contributed by atoms with E-state index < -0.39 is 40.8 Å². The van der Waals surface area contributed by atoms with E-state index in [9.17, 15) is 14.7 Å². The minimum atomic E-state index is -2.26. The van der Waals surface area contributed by atoms with Gasteiger partial charge in [-0.15, -0.1) is 0 Å². The fraction of sp³-hybridized carbons (Fsp3) is 0.659. The van der Waals surface area contributed by atoms with Gasteiger partial charge >= 0.3 is 11.9 Å². The second-order valence-corrected chi connectivity index (χ2v) is 25.6. The van der Waals surface area contributed by atoms with Crippen LogP contribution >= 0.6 is 0 Å². The molecule has 0 aromatic rings. The van der Waals surface area contributed by atoms with Crippen molar-refractivity contribution >= 4 is 28.6 Å². The fourth-order valence-electron chi connectivity index (χ4n) is 6.93. The van der Waals surface area contributed by atoms with E-state index in [0.717, 1.165) is 30.4 Å². The maximum absolute atomic E-state index is 12.9. The molecule has 1 heterocycles. The predicted octanol–water partition coefficient (Wildman–Crippen LogP) is 10.3. The van der Waals surface area contributed by atoms with Gasteiger partial charge < -0.3 is 23.4 Å². The molecule has 0 aromatic carbocycles. The third-order valence-corrected chi connectivity index (χ3v) is 16.4. The number of rotatable bonds is 11. The molecule has 0 bridgehead atoms. The van der Waals surface area contributed by atoms with Crippen LogP contribution in [0.3, 0.4) is 0 Å². The highest BCUT2D eigenvalue weighted by molar-refractivity contribution is 6.77. The summed E-state index contributed by atoms with van der Waals surface area (Å²) in [7, 11) is -2.86. The summed E-state index contributed by atoms with van der Waals surface area (Å²) in [6.07, 6.45) is 21.4. The quantitative estimate of drug-likeness (QED) is 0.0744. The molecule has 0 spiro atoms. The monoisotopic (exact) mass is 730 g/mol. The van der Waals surface area contributed by atoms with E-state index in [0.29, 0.717) is 35.9 Å². The van der Waals surface area contributed by atoms with Crippen LogP contribution in [0.5, 0.6) is 0 Å². The Morgan fingerprint density at radius 1 is 0.940 bits per heavy atom. The topological polar surface area (TPSA) is 91.3 Å². The lowest BCUT2D eigenvalue weighted by Gasteiger charge is -2.46. The average Bonchev–Trinajstić information content (AvgIpc) is 3.00. The molecule has 1 N–H and O–H groups in total. The summed E-state index contributed by atoms with van der Waals surface area (Å²) in [5.74, 6) is -0.911. The summed E-state index contributed by atoms with van der Waals surface area (Å²) in [6, 6.07) is 0. The van der Waals surface area contributed by atoms with Gasteiger partial charge in [-0.05, 0) is 82.2 Å². The summed E-state index contributed by atoms with van der Waals surface area (Å²) in [5.41, 5.74) is 3.23. The number of ether oxygens (including phenoxy) is 2. The van der Waals surface area contributed by atoms with Crippen molar-refractivity contribution in [2.45, 2.75) is 162 Å². The predicted molar refractivity (Wildman–Crippen MR) is 213 cm³/mol. The number of carbonyl (C=O) groups excluding carboxylic acids is 2. The van der Waals surface area contributed by atoms with Crippen LogP contribution in [0.1, 0.15) is 101 Å². The Kier molecular flexibility index (Phi) is 20.7. The van der Waals surface area contributed by atoms with Gasteiger partial charge in [-0.25, -0.2) is 9.59 Å². The molecule has 0 aliphatic carbocycles. The summed E-state index contributed by atoms with van der Waals surface area (Å²) < 4.78 is 24.9. The van der Waals surface area contributed by atoms with E-state index in [1.54, 1.807) is 6.08 Å². The van der Waals surface area contributed by atoms with Crippen LogP contribution < -0.4 is 0 Å². The third-order valence-electron chi connectivity index (χ3n) is 9.29. The number of aliphatic hydroxyl groups excluding tert-OH is 1. The second kappa shape index (κ2) is 22.6. The van der Waals surface area contributed by atoms with Gasteiger partial charge in [0, 0.05) is 24.5 Å². The molecular weight excluding hydrogens is 661 g/mol. The van der Waals surface area contributed by atoms with Crippen LogP contribution in [0.2, 0.25) is 36.3 Å². The molecular formula is C41H70O7Si2. The van der Waals surface area contributed by atoms with Crippen molar-refractivity contribution in [1.29, 1.82) is 0 Å². The van der Waals surface area contributed by atoms with Crippen molar-refractivity contribution in [3.05, 3.63) is 71.9 Å². The SMILES string of the molecule is COC(=O)/C=C/C(C)=C/[C@H](C)[C@@H]1C/C(C)=C/C=C/CC[C@H](O[Si](C)(C)C)[C@H](O[Si](C(C)C)(C(C)C)C(C)C)/C=C/[C@H](O)CCC/C=C/C(=O)O1. The van der Waals surface area contributed by atoms with Crippen molar-refractivity contribution in [2.24, 2.45) is 5.92 Å². The fourth-order valence-corrected chi connectivity index (χ4v) is 13.6. The van der Waals surface area contributed by atoms with Crippen molar-refractivity contribution in [2.75, 3.05) is 7.11 Å². The first-order valence-corrected chi connectivity index (χ1v) is 24.2. The molecule has 1 aliphatic rings. The van der Waals surface area contributed by atoms with Crippen molar-refractivity contribution in [3.8, 4) is 0 Å². The van der Waals surface area contributed by atoms with E-state index in [-0.39, 0.29) is 18.1 Å². The molecule has 0 aromatic heterocycles. The molecule has 0 fully saturated rings. The molecule has 0 saturated carbocycles. The summed E-state index contributed by atoms with van der Waals surface area (Å²) in [5, 5.41) is 11.0. The lowest BCUT2D eigenvalue weighted by atomic mass is 9.95. The van der Waals surface area contributed by atoms with Gasteiger partial charge in [0.2, 0.25) is 8.32 Å². The molecule has 0 unspecified atom stereocenters. The number of methoxy groups -OCH3 is 1. The lowest BCUT2D eigenvalue weighted by molar-refractivity contribution is -0.144. The molecule has 9 heteroatoms. The van der Waals surface area contributed by atoms with Gasteiger partial charge in [-0.1, -0.05) is 108 Å². The summed E-state index contributed by atoms with van der Waals surface area (Å²) in [4.78, 5) is 24.5. The zero-order chi connectivity index (χ0) is 38.1. The molecule has 284 valence electrons. The largest absolute Gasteiger partial charge is 0.466 e. The molecule has 0 radical (unpaired) electrons. The van der Waals surface area contributed by atoms with Gasteiger partial charge in [0.05, 0.1) is 25.4 Å².